The zero-order chi connectivity index (χ0) is 20.1. The molecular formula is C21H23BrN6. The number of fused-ring (bicyclic) bond motifs is 1. The highest BCUT2D eigenvalue weighted by Crippen LogP contribution is 2.27. The molecule has 0 atom stereocenters. The van der Waals surface area contributed by atoms with Gasteiger partial charge in [0.25, 0.3) is 0 Å². The number of hydrogen-bond acceptors (Lipinski definition) is 4. The molecule has 0 fully saturated rings. The Morgan fingerprint density at radius 3 is 2.50 bits per heavy atom. The number of halogens is 1. The molecular weight excluding hydrogens is 416 g/mol. The van der Waals surface area contributed by atoms with E-state index in [1.165, 1.54) is 5.56 Å². The van der Waals surface area contributed by atoms with Gasteiger partial charge >= 0.3 is 0 Å². The average molecular weight is 439 g/mol. The third kappa shape index (κ3) is 3.71. The SMILES string of the molecule is Cc1nc2ccc(-c3nc(CC(C)(C)C)nn3-c3ccc(C)c(Br)c3)cn2n1. The third-order valence-electron chi connectivity index (χ3n) is 4.43. The normalized spacial score (nSPS) is 12.1. The van der Waals surface area contributed by atoms with Gasteiger partial charge in [0.1, 0.15) is 5.82 Å². The number of hydrogen-bond donors (Lipinski definition) is 0. The minimum atomic E-state index is 0.101. The van der Waals surface area contributed by atoms with Gasteiger partial charge in [0.2, 0.25) is 0 Å². The van der Waals surface area contributed by atoms with Crippen LogP contribution in [0.4, 0.5) is 0 Å². The zero-order valence-corrected chi connectivity index (χ0v) is 18.3. The summed E-state index contributed by atoms with van der Waals surface area (Å²) < 4.78 is 4.75. The van der Waals surface area contributed by atoms with Crippen LogP contribution in [0.2, 0.25) is 0 Å². The molecule has 0 aliphatic heterocycles. The van der Waals surface area contributed by atoms with Crippen LogP contribution in [-0.4, -0.2) is 29.4 Å². The van der Waals surface area contributed by atoms with E-state index in [2.05, 4.69) is 71.9 Å². The first kappa shape index (κ1) is 18.8. The molecule has 0 spiro atoms. The summed E-state index contributed by atoms with van der Waals surface area (Å²) >= 11 is 3.63. The van der Waals surface area contributed by atoms with Crippen LogP contribution in [0.15, 0.2) is 41.0 Å². The van der Waals surface area contributed by atoms with Gasteiger partial charge in [0.05, 0.1) is 5.69 Å². The Morgan fingerprint density at radius 1 is 1.00 bits per heavy atom. The van der Waals surface area contributed by atoms with Crippen molar-refractivity contribution in [2.75, 3.05) is 0 Å². The van der Waals surface area contributed by atoms with Gasteiger partial charge < -0.3 is 0 Å². The predicted octanol–water partition coefficient (Wildman–Crippen LogP) is 4.94. The van der Waals surface area contributed by atoms with Crippen LogP contribution in [0.1, 0.15) is 38.0 Å². The lowest BCUT2D eigenvalue weighted by Crippen LogP contribution is -2.10. The van der Waals surface area contributed by atoms with Crippen LogP contribution in [0.25, 0.3) is 22.7 Å². The highest BCUT2D eigenvalue weighted by atomic mass is 79.9. The van der Waals surface area contributed by atoms with E-state index in [9.17, 15) is 0 Å². The van der Waals surface area contributed by atoms with Crippen molar-refractivity contribution in [3.05, 3.63) is 58.2 Å². The van der Waals surface area contributed by atoms with Crippen LogP contribution in [0, 0.1) is 19.3 Å². The molecule has 1 aromatic carbocycles. The van der Waals surface area contributed by atoms with Gasteiger partial charge in [0.15, 0.2) is 17.3 Å². The fourth-order valence-corrected chi connectivity index (χ4v) is 3.48. The molecule has 144 valence electrons. The zero-order valence-electron chi connectivity index (χ0n) is 16.7. The Hall–Kier alpha value is -2.54. The molecule has 0 unspecified atom stereocenters. The molecule has 0 aliphatic carbocycles. The largest absolute Gasteiger partial charge is 0.220 e. The van der Waals surface area contributed by atoms with E-state index >= 15 is 0 Å². The van der Waals surface area contributed by atoms with Crippen molar-refractivity contribution >= 4 is 21.6 Å². The monoisotopic (exact) mass is 438 g/mol. The van der Waals surface area contributed by atoms with Gasteiger partial charge in [-0.2, -0.15) is 10.2 Å². The Bertz CT molecular complexity index is 1170. The molecule has 0 bridgehead atoms. The quantitative estimate of drug-likeness (QED) is 0.454. The molecule has 7 heteroatoms. The van der Waals surface area contributed by atoms with Crippen LogP contribution in [0.3, 0.4) is 0 Å². The lowest BCUT2D eigenvalue weighted by atomic mass is 9.92. The fraction of sp³-hybridized carbons (Fsp3) is 0.333. The van der Waals surface area contributed by atoms with Gasteiger partial charge in [0, 0.05) is 22.7 Å². The number of rotatable bonds is 3. The van der Waals surface area contributed by atoms with Gasteiger partial charge in [-0.3, -0.25) is 0 Å². The Labute approximate surface area is 172 Å². The van der Waals surface area contributed by atoms with Crippen molar-refractivity contribution < 1.29 is 0 Å². The van der Waals surface area contributed by atoms with E-state index in [4.69, 9.17) is 10.1 Å². The second kappa shape index (κ2) is 6.81. The predicted molar refractivity (Wildman–Crippen MR) is 114 cm³/mol. The molecule has 0 saturated carbocycles. The van der Waals surface area contributed by atoms with E-state index in [1.54, 1.807) is 4.52 Å². The third-order valence-corrected chi connectivity index (χ3v) is 5.29. The van der Waals surface area contributed by atoms with Gasteiger partial charge in [-0.1, -0.05) is 42.8 Å². The molecule has 0 aliphatic rings. The maximum atomic E-state index is 4.88. The summed E-state index contributed by atoms with van der Waals surface area (Å²) in [5.41, 5.74) is 4.02. The first-order chi connectivity index (χ1) is 13.2. The smallest absolute Gasteiger partial charge is 0.165 e. The van der Waals surface area contributed by atoms with Crippen molar-refractivity contribution in [2.45, 2.75) is 41.0 Å². The fourth-order valence-electron chi connectivity index (χ4n) is 3.11. The molecule has 6 nitrogen and oxygen atoms in total. The van der Waals surface area contributed by atoms with Crippen molar-refractivity contribution in [1.29, 1.82) is 0 Å². The van der Waals surface area contributed by atoms with Gasteiger partial charge in [-0.25, -0.2) is 19.2 Å². The molecule has 4 aromatic rings. The first-order valence-electron chi connectivity index (χ1n) is 9.25. The Kier molecular flexibility index (Phi) is 4.57. The number of pyridine rings is 1. The van der Waals surface area contributed by atoms with E-state index in [1.807, 2.05) is 29.9 Å². The van der Waals surface area contributed by atoms with Gasteiger partial charge in [-0.05, 0) is 49.1 Å². The molecule has 0 N–H and O–H groups in total. The topological polar surface area (TPSA) is 60.9 Å². The van der Waals surface area contributed by atoms with Crippen LogP contribution in [-0.2, 0) is 6.42 Å². The minimum Gasteiger partial charge on any atom is -0.220 e. The van der Waals surface area contributed by atoms with E-state index in [0.717, 1.165) is 45.3 Å². The summed E-state index contributed by atoms with van der Waals surface area (Å²) in [7, 11) is 0. The number of aromatic nitrogens is 6. The van der Waals surface area contributed by atoms with Crippen molar-refractivity contribution in [1.82, 2.24) is 29.4 Å². The average Bonchev–Trinajstić information content (AvgIpc) is 3.17. The summed E-state index contributed by atoms with van der Waals surface area (Å²) in [6.45, 7) is 10.5. The summed E-state index contributed by atoms with van der Waals surface area (Å²) in [6.07, 6.45) is 2.75. The first-order valence-corrected chi connectivity index (χ1v) is 10.0. The Balaban J connectivity index is 1.88. The van der Waals surface area contributed by atoms with E-state index < -0.39 is 0 Å². The summed E-state index contributed by atoms with van der Waals surface area (Å²) in [5, 5.41) is 9.27. The molecule has 28 heavy (non-hydrogen) atoms. The van der Waals surface area contributed by atoms with Gasteiger partial charge in [-0.15, -0.1) is 0 Å². The number of aryl methyl sites for hydroxylation is 2. The summed E-state index contributed by atoms with van der Waals surface area (Å²) in [6, 6.07) is 10.2. The molecule has 3 aromatic heterocycles. The summed E-state index contributed by atoms with van der Waals surface area (Å²) in [5.74, 6) is 2.37. The molecule has 0 saturated heterocycles. The summed E-state index contributed by atoms with van der Waals surface area (Å²) in [4.78, 5) is 9.29. The minimum absolute atomic E-state index is 0.101. The lowest BCUT2D eigenvalue weighted by molar-refractivity contribution is 0.400. The molecule has 4 rings (SSSR count). The van der Waals surface area contributed by atoms with E-state index in [0.29, 0.717) is 0 Å². The Morgan fingerprint density at radius 2 is 1.79 bits per heavy atom. The van der Waals surface area contributed by atoms with Crippen LogP contribution < -0.4 is 0 Å². The van der Waals surface area contributed by atoms with Crippen molar-refractivity contribution in [3.63, 3.8) is 0 Å². The van der Waals surface area contributed by atoms with Crippen molar-refractivity contribution in [2.24, 2.45) is 5.41 Å². The van der Waals surface area contributed by atoms with Crippen LogP contribution >= 0.6 is 15.9 Å². The van der Waals surface area contributed by atoms with Crippen molar-refractivity contribution in [3.8, 4) is 17.1 Å². The standard InChI is InChI=1S/C21H23BrN6/c1-13-6-8-16(10-17(13)22)28-20(24-18(26-28)11-21(3,4)5)15-7-9-19-23-14(2)25-27(19)12-15/h6-10,12H,11H2,1-5H3. The molecule has 0 radical (unpaired) electrons. The maximum absolute atomic E-state index is 4.88. The van der Waals surface area contributed by atoms with Crippen LogP contribution in [0.5, 0.6) is 0 Å². The lowest BCUT2D eigenvalue weighted by Gasteiger charge is -2.14. The maximum Gasteiger partial charge on any atom is 0.165 e. The molecule has 3 heterocycles. The number of benzene rings is 1. The number of nitrogens with zero attached hydrogens (tertiary/aromatic N) is 6. The second-order valence-electron chi connectivity index (χ2n) is 8.31. The highest BCUT2D eigenvalue weighted by molar-refractivity contribution is 9.10. The highest BCUT2D eigenvalue weighted by Gasteiger charge is 2.20. The van der Waals surface area contributed by atoms with E-state index in [-0.39, 0.29) is 5.41 Å². The molecule has 0 amide bonds. The second-order valence-corrected chi connectivity index (χ2v) is 9.17.